The number of carboxylic acids is 1. The summed E-state index contributed by atoms with van der Waals surface area (Å²) >= 11 is 0. The molecule has 0 saturated carbocycles. The first kappa shape index (κ1) is 20.5. The molecule has 2 atom stereocenters. The molecule has 0 heterocycles. The Morgan fingerprint density at radius 2 is 1.78 bits per heavy atom. The number of phenols is 1. The highest BCUT2D eigenvalue weighted by molar-refractivity contribution is 5.87. The minimum absolute atomic E-state index is 0.150. The van der Waals surface area contributed by atoms with Gasteiger partial charge in [-0.1, -0.05) is 44.2 Å². The monoisotopic (exact) mass is 370 g/mol. The van der Waals surface area contributed by atoms with Gasteiger partial charge in [0.2, 0.25) is 5.91 Å². The average Bonchev–Trinajstić information content (AvgIpc) is 2.61. The maximum atomic E-state index is 12.3. The van der Waals surface area contributed by atoms with Crippen LogP contribution >= 0.6 is 0 Å². The van der Waals surface area contributed by atoms with Crippen LogP contribution in [0.3, 0.4) is 0 Å². The Morgan fingerprint density at radius 3 is 2.37 bits per heavy atom. The van der Waals surface area contributed by atoms with Crippen molar-refractivity contribution >= 4 is 11.9 Å². The zero-order chi connectivity index (χ0) is 20.1. The quantitative estimate of drug-likeness (QED) is 0.598. The Balaban J connectivity index is 2.18. The van der Waals surface area contributed by atoms with Crippen LogP contribution in [0.15, 0.2) is 42.5 Å². The number of rotatable bonds is 7. The predicted molar refractivity (Wildman–Crippen MR) is 104 cm³/mol. The van der Waals surface area contributed by atoms with Crippen LogP contribution in [-0.4, -0.2) is 34.2 Å². The van der Waals surface area contributed by atoms with Crippen LogP contribution in [0.2, 0.25) is 0 Å². The molecule has 6 heteroatoms. The topological polar surface area (TPSA) is 113 Å². The number of aryl methyl sites for hydroxylation is 1. The van der Waals surface area contributed by atoms with E-state index in [2.05, 4.69) is 5.32 Å². The number of benzene rings is 2. The summed E-state index contributed by atoms with van der Waals surface area (Å²) in [5.41, 5.74) is 9.36. The van der Waals surface area contributed by atoms with Crippen molar-refractivity contribution in [2.45, 2.75) is 39.3 Å². The Labute approximate surface area is 159 Å². The van der Waals surface area contributed by atoms with E-state index in [9.17, 15) is 19.8 Å². The molecular weight excluding hydrogens is 344 g/mol. The fourth-order valence-corrected chi connectivity index (χ4v) is 2.92. The fraction of sp³-hybridized carbons (Fsp3) is 0.333. The first-order valence-electron chi connectivity index (χ1n) is 8.87. The summed E-state index contributed by atoms with van der Waals surface area (Å²) in [7, 11) is 0. The summed E-state index contributed by atoms with van der Waals surface area (Å²) < 4.78 is 0. The van der Waals surface area contributed by atoms with Crippen molar-refractivity contribution in [2.75, 3.05) is 0 Å². The molecule has 144 valence electrons. The molecule has 5 N–H and O–H groups in total. The number of hydrogen-bond donors (Lipinski definition) is 4. The van der Waals surface area contributed by atoms with Crippen molar-refractivity contribution in [3.05, 3.63) is 53.6 Å². The molecule has 2 aromatic rings. The molecule has 0 spiro atoms. The van der Waals surface area contributed by atoms with Gasteiger partial charge in [-0.2, -0.15) is 0 Å². The minimum Gasteiger partial charge on any atom is -0.507 e. The Morgan fingerprint density at radius 1 is 1.11 bits per heavy atom. The highest BCUT2D eigenvalue weighted by Crippen LogP contribution is 2.32. The van der Waals surface area contributed by atoms with Gasteiger partial charge in [0.15, 0.2) is 0 Å². The Bertz CT molecular complexity index is 833. The number of phenolic OH excluding ortho intramolecular Hbond substituents is 1. The van der Waals surface area contributed by atoms with Crippen LogP contribution in [0.4, 0.5) is 0 Å². The number of carbonyl (C=O) groups is 2. The summed E-state index contributed by atoms with van der Waals surface area (Å²) in [6, 6.07) is 10.9. The van der Waals surface area contributed by atoms with Crippen molar-refractivity contribution in [3.8, 4) is 16.9 Å². The third-order valence-electron chi connectivity index (χ3n) is 4.52. The first-order valence-corrected chi connectivity index (χ1v) is 8.87. The number of carboxylic acid groups (broad SMARTS) is 1. The van der Waals surface area contributed by atoms with Gasteiger partial charge in [-0.3, -0.25) is 4.79 Å². The lowest BCUT2D eigenvalue weighted by atomic mass is 9.95. The normalized spacial score (nSPS) is 13.2. The lowest BCUT2D eigenvalue weighted by Gasteiger charge is -2.20. The molecule has 0 aliphatic heterocycles. The standard InChI is InChI=1S/C21H26N2O4/c1-12(2)19(21(26)27)23-20(25)17(22)11-14-8-9-18(24)16(10-14)15-7-5-4-6-13(15)3/h4-10,12,17,19,24H,11,22H2,1-3H3,(H,23,25)(H,26,27)/t17-,19+/m0/s1. The number of aliphatic carboxylic acids is 1. The Kier molecular flexibility index (Phi) is 6.58. The second-order valence-electron chi connectivity index (χ2n) is 7.05. The number of hydrogen-bond acceptors (Lipinski definition) is 4. The maximum Gasteiger partial charge on any atom is 0.326 e. The number of carbonyl (C=O) groups excluding carboxylic acids is 1. The number of nitrogens with two attached hydrogens (primary N) is 1. The van der Waals surface area contributed by atoms with Crippen LogP contribution < -0.4 is 11.1 Å². The van der Waals surface area contributed by atoms with Crippen LogP contribution in [0, 0.1) is 12.8 Å². The van der Waals surface area contributed by atoms with E-state index in [-0.39, 0.29) is 18.1 Å². The molecule has 1 amide bonds. The molecule has 6 nitrogen and oxygen atoms in total. The maximum absolute atomic E-state index is 12.3. The van der Waals surface area contributed by atoms with Crippen molar-refractivity contribution < 1.29 is 19.8 Å². The molecule has 0 aliphatic rings. The van der Waals surface area contributed by atoms with Crippen molar-refractivity contribution in [3.63, 3.8) is 0 Å². The first-order chi connectivity index (χ1) is 12.7. The minimum atomic E-state index is -1.09. The number of aromatic hydroxyl groups is 1. The van der Waals surface area contributed by atoms with E-state index in [0.717, 1.165) is 16.7 Å². The molecule has 0 radical (unpaired) electrons. The number of nitrogens with one attached hydrogen (secondary N) is 1. The molecule has 2 aromatic carbocycles. The largest absolute Gasteiger partial charge is 0.507 e. The number of amides is 1. The van der Waals surface area contributed by atoms with E-state index in [1.807, 2.05) is 37.3 Å². The van der Waals surface area contributed by atoms with Gasteiger partial charge in [0.05, 0.1) is 6.04 Å². The fourth-order valence-electron chi connectivity index (χ4n) is 2.92. The van der Waals surface area contributed by atoms with E-state index < -0.39 is 24.0 Å². The summed E-state index contributed by atoms with van der Waals surface area (Å²) in [5, 5.41) is 21.9. The second kappa shape index (κ2) is 8.68. The van der Waals surface area contributed by atoms with Gasteiger partial charge in [-0.05, 0) is 48.1 Å². The van der Waals surface area contributed by atoms with E-state index in [1.54, 1.807) is 26.0 Å². The smallest absolute Gasteiger partial charge is 0.326 e. The summed E-state index contributed by atoms with van der Waals surface area (Å²) in [6.07, 6.45) is 0.232. The highest BCUT2D eigenvalue weighted by Gasteiger charge is 2.26. The molecule has 0 saturated heterocycles. The van der Waals surface area contributed by atoms with Crippen LogP contribution in [0.5, 0.6) is 5.75 Å². The predicted octanol–water partition coefficient (Wildman–Crippen LogP) is 2.46. The summed E-state index contributed by atoms with van der Waals surface area (Å²) in [6.45, 7) is 5.40. The van der Waals surface area contributed by atoms with Crippen LogP contribution in [0.1, 0.15) is 25.0 Å². The van der Waals surface area contributed by atoms with Crippen LogP contribution in [-0.2, 0) is 16.0 Å². The van der Waals surface area contributed by atoms with E-state index in [4.69, 9.17) is 5.73 Å². The van der Waals surface area contributed by atoms with Gasteiger partial charge < -0.3 is 21.3 Å². The van der Waals surface area contributed by atoms with Gasteiger partial charge in [-0.15, -0.1) is 0 Å². The summed E-state index contributed by atoms with van der Waals surface area (Å²) in [5.74, 6) is -1.70. The van der Waals surface area contributed by atoms with E-state index >= 15 is 0 Å². The molecule has 0 aromatic heterocycles. The average molecular weight is 370 g/mol. The van der Waals surface area contributed by atoms with Crippen molar-refractivity contribution in [2.24, 2.45) is 11.7 Å². The van der Waals surface area contributed by atoms with E-state index in [1.165, 1.54) is 0 Å². The molecule has 0 aliphatic carbocycles. The van der Waals surface area contributed by atoms with E-state index in [0.29, 0.717) is 5.56 Å². The van der Waals surface area contributed by atoms with Gasteiger partial charge in [0, 0.05) is 5.56 Å². The molecular formula is C21H26N2O4. The molecule has 0 unspecified atom stereocenters. The Hall–Kier alpha value is -2.86. The third kappa shape index (κ3) is 5.08. The van der Waals surface area contributed by atoms with Crippen LogP contribution in [0.25, 0.3) is 11.1 Å². The SMILES string of the molecule is Cc1ccccc1-c1cc(C[C@H](N)C(=O)N[C@@H](C(=O)O)C(C)C)ccc1O. The lowest BCUT2D eigenvalue weighted by molar-refractivity contribution is -0.143. The zero-order valence-corrected chi connectivity index (χ0v) is 15.8. The van der Waals surface area contributed by atoms with Crippen molar-refractivity contribution in [1.82, 2.24) is 5.32 Å². The molecule has 0 fully saturated rings. The van der Waals surface area contributed by atoms with Gasteiger partial charge in [0.1, 0.15) is 11.8 Å². The lowest BCUT2D eigenvalue weighted by Crippen LogP contribution is -2.51. The van der Waals surface area contributed by atoms with Gasteiger partial charge >= 0.3 is 5.97 Å². The zero-order valence-electron chi connectivity index (χ0n) is 15.8. The summed E-state index contributed by atoms with van der Waals surface area (Å²) in [4.78, 5) is 23.5. The highest BCUT2D eigenvalue weighted by atomic mass is 16.4. The molecule has 2 rings (SSSR count). The molecule has 0 bridgehead atoms. The van der Waals surface area contributed by atoms with Crippen molar-refractivity contribution in [1.29, 1.82) is 0 Å². The molecule has 27 heavy (non-hydrogen) atoms. The van der Waals surface area contributed by atoms with Gasteiger partial charge in [0.25, 0.3) is 0 Å². The third-order valence-corrected chi connectivity index (χ3v) is 4.52. The van der Waals surface area contributed by atoms with Gasteiger partial charge in [-0.25, -0.2) is 4.79 Å². The second-order valence-corrected chi connectivity index (χ2v) is 7.05.